The van der Waals surface area contributed by atoms with Gasteiger partial charge in [0.2, 0.25) is 0 Å². The van der Waals surface area contributed by atoms with Crippen LogP contribution in [0.3, 0.4) is 0 Å². The Labute approximate surface area is 95.9 Å². The van der Waals surface area contributed by atoms with E-state index in [-0.39, 0.29) is 0 Å². The standard InChI is InChI=1S/C12H16N4/c1-9(12(2)4-5-12)16(3)11-8-14-10(6-13)7-15-11/h7-9H,4-5H2,1-3H3. The number of hydrogen-bond acceptors (Lipinski definition) is 4. The minimum Gasteiger partial charge on any atom is -0.355 e. The van der Waals surface area contributed by atoms with E-state index >= 15 is 0 Å². The molecule has 1 fully saturated rings. The van der Waals surface area contributed by atoms with E-state index in [0.717, 1.165) is 5.82 Å². The number of anilines is 1. The van der Waals surface area contributed by atoms with Gasteiger partial charge in [-0.3, -0.25) is 0 Å². The summed E-state index contributed by atoms with van der Waals surface area (Å²) in [5.74, 6) is 0.833. The van der Waals surface area contributed by atoms with Crippen molar-refractivity contribution in [3.8, 4) is 6.07 Å². The topological polar surface area (TPSA) is 52.8 Å². The van der Waals surface area contributed by atoms with Gasteiger partial charge in [0, 0.05) is 13.1 Å². The first-order valence-corrected chi connectivity index (χ1v) is 5.52. The van der Waals surface area contributed by atoms with E-state index in [0.29, 0.717) is 17.2 Å². The van der Waals surface area contributed by atoms with Gasteiger partial charge in [0.25, 0.3) is 0 Å². The molecule has 1 aromatic heterocycles. The van der Waals surface area contributed by atoms with Crippen molar-refractivity contribution in [1.29, 1.82) is 5.26 Å². The molecular weight excluding hydrogens is 200 g/mol. The van der Waals surface area contributed by atoms with Crippen LogP contribution in [0.25, 0.3) is 0 Å². The second-order valence-corrected chi connectivity index (χ2v) is 4.81. The Kier molecular flexibility index (Phi) is 2.55. The Bertz CT molecular complexity index is 414. The monoisotopic (exact) mass is 216 g/mol. The average Bonchev–Trinajstić information content (AvgIpc) is 3.07. The zero-order valence-electron chi connectivity index (χ0n) is 9.94. The van der Waals surface area contributed by atoms with Gasteiger partial charge in [-0.15, -0.1) is 0 Å². The Morgan fingerprint density at radius 1 is 1.44 bits per heavy atom. The molecule has 84 valence electrons. The maximum Gasteiger partial charge on any atom is 0.158 e. The highest BCUT2D eigenvalue weighted by Crippen LogP contribution is 2.49. The summed E-state index contributed by atoms with van der Waals surface area (Å²) in [7, 11) is 2.03. The van der Waals surface area contributed by atoms with Gasteiger partial charge in [0.15, 0.2) is 5.69 Å². The van der Waals surface area contributed by atoms with Crippen LogP contribution in [0.5, 0.6) is 0 Å². The molecule has 4 nitrogen and oxygen atoms in total. The lowest BCUT2D eigenvalue weighted by atomic mass is 10.00. The molecule has 0 bridgehead atoms. The molecule has 1 aliphatic carbocycles. The quantitative estimate of drug-likeness (QED) is 0.775. The van der Waals surface area contributed by atoms with Crippen LogP contribution < -0.4 is 4.90 Å². The van der Waals surface area contributed by atoms with E-state index < -0.39 is 0 Å². The summed E-state index contributed by atoms with van der Waals surface area (Å²) in [4.78, 5) is 10.4. The molecule has 1 saturated carbocycles. The van der Waals surface area contributed by atoms with Crippen molar-refractivity contribution in [3.63, 3.8) is 0 Å². The number of aromatic nitrogens is 2. The smallest absolute Gasteiger partial charge is 0.158 e. The third kappa shape index (κ3) is 1.85. The molecule has 16 heavy (non-hydrogen) atoms. The van der Waals surface area contributed by atoms with Crippen LogP contribution in [0.1, 0.15) is 32.4 Å². The van der Waals surface area contributed by atoms with Crippen LogP contribution in [0.2, 0.25) is 0 Å². The molecule has 0 N–H and O–H groups in total. The first kappa shape index (κ1) is 10.9. The summed E-state index contributed by atoms with van der Waals surface area (Å²) in [6.07, 6.45) is 5.75. The molecule has 0 amide bonds. The lowest BCUT2D eigenvalue weighted by Crippen LogP contribution is -2.36. The fraction of sp³-hybridized carbons (Fsp3) is 0.583. The van der Waals surface area contributed by atoms with Crippen LogP contribution in [0.4, 0.5) is 5.82 Å². The Balaban J connectivity index is 2.14. The van der Waals surface area contributed by atoms with E-state index in [4.69, 9.17) is 5.26 Å². The van der Waals surface area contributed by atoms with Gasteiger partial charge < -0.3 is 4.90 Å². The fourth-order valence-electron chi connectivity index (χ4n) is 1.84. The molecule has 0 aliphatic heterocycles. The van der Waals surface area contributed by atoms with Gasteiger partial charge in [0.05, 0.1) is 12.4 Å². The van der Waals surface area contributed by atoms with Crippen molar-refractivity contribution in [1.82, 2.24) is 9.97 Å². The zero-order valence-corrected chi connectivity index (χ0v) is 9.94. The number of rotatable bonds is 3. The maximum absolute atomic E-state index is 8.65. The van der Waals surface area contributed by atoms with Gasteiger partial charge in [-0.05, 0) is 25.2 Å². The Hall–Kier alpha value is -1.63. The van der Waals surface area contributed by atoms with Crippen molar-refractivity contribution in [2.45, 2.75) is 32.7 Å². The number of nitriles is 1. The number of nitrogens with zero attached hydrogens (tertiary/aromatic N) is 4. The molecule has 0 spiro atoms. The normalized spacial score (nSPS) is 18.6. The van der Waals surface area contributed by atoms with Gasteiger partial charge in [-0.25, -0.2) is 9.97 Å². The van der Waals surface area contributed by atoms with Crippen LogP contribution in [0.15, 0.2) is 12.4 Å². The van der Waals surface area contributed by atoms with Gasteiger partial charge in [-0.1, -0.05) is 6.92 Å². The molecule has 1 aromatic rings. The minimum absolute atomic E-state index is 0.363. The van der Waals surface area contributed by atoms with Crippen LogP contribution >= 0.6 is 0 Å². The Morgan fingerprint density at radius 3 is 2.56 bits per heavy atom. The van der Waals surface area contributed by atoms with Crippen molar-refractivity contribution < 1.29 is 0 Å². The average molecular weight is 216 g/mol. The molecule has 1 unspecified atom stereocenters. The van der Waals surface area contributed by atoms with Gasteiger partial charge >= 0.3 is 0 Å². The van der Waals surface area contributed by atoms with Crippen LogP contribution in [-0.4, -0.2) is 23.1 Å². The zero-order chi connectivity index (χ0) is 11.8. The van der Waals surface area contributed by atoms with Crippen molar-refractivity contribution in [2.24, 2.45) is 5.41 Å². The van der Waals surface area contributed by atoms with E-state index in [9.17, 15) is 0 Å². The lowest BCUT2D eigenvalue weighted by Gasteiger charge is -2.30. The van der Waals surface area contributed by atoms with E-state index in [1.807, 2.05) is 13.1 Å². The third-order valence-corrected chi connectivity index (χ3v) is 3.74. The maximum atomic E-state index is 8.65. The molecular formula is C12H16N4. The third-order valence-electron chi connectivity index (χ3n) is 3.74. The predicted octanol–water partition coefficient (Wildman–Crippen LogP) is 1.97. The second kappa shape index (κ2) is 3.75. The molecule has 1 aliphatic rings. The highest BCUT2D eigenvalue weighted by Gasteiger charge is 2.44. The van der Waals surface area contributed by atoms with Crippen molar-refractivity contribution >= 4 is 5.82 Å². The summed E-state index contributed by atoms with van der Waals surface area (Å²) in [6, 6.07) is 2.43. The van der Waals surface area contributed by atoms with E-state index in [1.165, 1.54) is 19.0 Å². The number of hydrogen-bond donors (Lipinski definition) is 0. The Morgan fingerprint density at radius 2 is 2.12 bits per heavy atom. The minimum atomic E-state index is 0.363. The summed E-state index contributed by atoms with van der Waals surface area (Å²) in [6.45, 7) is 4.51. The molecule has 2 rings (SSSR count). The van der Waals surface area contributed by atoms with E-state index in [2.05, 4.69) is 28.7 Å². The molecule has 0 radical (unpaired) electrons. The first-order chi connectivity index (χ1) is 7.57. The highest BCUT2D eigenvalue weighted by atomic mass is 15.2. The largest absolute Gasteiger partial charge is 0.355 e. The molecule has 0 aromatic carbocycles. The van der Waals surface area contributed by atoms with Crippen LogP contribution in [0, 0.1) is 16.7 Å². The summed E-state index contributed by atoms with van der Waals surface area (Å²) in [5.41, 5.74) is 0.784. The molecule has 1 atom stereocenters. The molecule has 4 heteroatoms. The lowest BCUT2D eigenvalue weighted by molar-refractivity contribution is 0.445. The summed E-state index contributed by atoms with van der Waals surface area (Å²) >= 11 is 0. The fourth-order valence-corrected chi connectivity index (χ4v) is 1.84. The predicted molar refractivity (Wildman–Crippen MR) is 62.0 cm³/mol. The molecule has 1 heterocycles. The van der Waals surface area contributed by atoms with Gasteiger partial charge in [-0.2, -0.15) is 5.26 Å². The summed E-state index contributed by atoms with van der Waals surface area (Å²) < 4.78 is 0. The van der Waals surface area contributed by atoms with Crippen molar-refractivity contribution in [2.75, 3.05) is 11.9 Å². The second-order valence-electron chi connectivity index (χ2n) is 4.81. The van der Waals surface area contributed by atoms with Crippen LogP contribution in [-0.2, 0) is 0 Å². The van der Waals surface area contributed by atoms with Crippen molar-refractivity contribution in [3.05, 3.63) is 18.1 Å². The highest BCUT2D eigenvalue weighted by molar-refractivity contribution is 5.38. The van der Waals surface area contributed by atoms with E-state index in [1.54, 1.807) is 6.20 Å². The molecule has 0 saturated heterocycles. The summed E-state index contributed by atoms with van der Waals surface area (Å²) in [5, 5.41) is 8.65. The SMILES string of the molecule is CC(N(C)c1cnc(C#N)cn1)C1(C)CC1. The first-order valence-electron chi connectivity index (χ1n) is 5.52. The van der Waals surface area contributed by atoms with Gasteiger partial charge in [0.1, 0.15) is 11.9 Å².